The highest BCUT2D eigenvalue weighted by molar-refractivity contribution is 7.89. The summed E-state index contributed by atoms with van der Waals surface area (Å²) in [5, 5.41) is 2.89. The minimum absolute atomic E-state index is 0.104. The van der Waals surface area contributed by atoms with Gasteiger partial charge in [-0.15, -0.1) is 0 Å². The number of hydrogen-bond acceptors (Lipinski definition) is 5. The summed E-state index contributed by atoms with van der Waals surface area (Å²) in [5.41, 5.74) is 0.502. The summed E-state index contributed by atoms with van der Waals surface area (Å²) in [7, 11) is 1.65. The SMILES string of the molecule is CCCCN(C)CC1CCN(C(C)C(=O)Nc2cccc(S(=O)(=O)N(C)C)c2)CC1. The molecule has 1 aromatic rings. The van der Waals surface area contributed by atoms with E-state index >= 15 is 0 Å². The fraction of sp³-hybridized carbons (Fsp3) is 0.682. The summed E-state index contributed by atoms with van der Waals surface area (Å²) in [4.78, 5) is 17.6. The van der Waals surface area contributed by atoms with Crippen LogP contribution in [0.1, 0.15) is 39.5 Å². The van der Waals surface area contributed by atoms with Gasteiger partial charge < -0.3 is 10.2 Å². The second-order valence-electron chi connectivity index (χ2n) is 8.58. The molecule has 170 valence electrons. The Morgan fingerprint density at radius 2 is 1.90 bits per heavy atom. The maximum atomic E-state index is 12.8. The summed E-state index contributed by atoms with van der Waals surface area (Å²) in [6, 6.07) is 6.17. The number of carbonyl (C=O) groups is 1. The zero-order valence-electron chi connectivity index (χ0n) is 19.1. The zero-order valence-corrected chi connectivity index (χ0v) is 19.9. The molecule has 1 heterocycles. The molecule has 0 saturated carbocycles. The van der Waals surface area contributed by atoms with Crippen molar-refractivity contribution in [3.05, 3.63) is 24.3 Å². The number of anilines is 1. The topological polar surface area (TPSA) is 73.0 Å². The summed E-state index contributed by atoms with van der Waals surface area (Å²) in [6.07, 6.45) is 4.66. The number of unbranched alkanes of at least 4 members (excludes halogenated alkanes) is 1. The van der Waals surface area contributed by atoms with Gasteiger partial charge >= 0.3 is 0 Å². The number of rotatable bonds is 10. The molecule has 0 aromatic heterocycles. The molecular formula is C22H38N4O3S. The van der Waals surface area contributed by atoms with Gasteiger partial charge in [-0.3, -0.25) is 9.69 Å². The zero-order chi connectivity index (χ0) is 22.3. The molecule has 1 aromatic carbocycles. The van der Waals surface area contributed by atoms with Crippen LogP contribution in [0.3, 0.4) is 0 Å². The first kappa shape index (κ1) is 24.8. The van der Waals surface area contributed by atoms with Crippen LogP contribution in [0.5, 0.6) is 0 Å². The minimum atomic E-state index is -3.53. The van der Waals surface area contributed by atoms with E-state index in [2.05, 4.69) is 29.1 Å². The summed E-state index contributed by atoms with van der Waals surface area (Å²) < 4.78 is 25.8. The molecule has 1 amide bonds. The molecule has 1 unspecified atom stereocenters. The quantitative estimate of drug-likeness (QED) is 0.608. The number of carbonyl (C=O) groups excluding carboxylic acids is 1. The maximum Gasteiger partial charge on any atom is 0.242 e. The number of hydrogen-bond donors (Lipinski definition) is 1. The second kappa shape index (κ2) is 11.2. The molecule has 8 heteroatoms. The van der Waals surface area contributed by atoms with Crippen molar-refractivity contribution in [2.45, 2.75) is 50.5 Å². The van der Waals surface area contributed by atoms with Crippen molar-refractivity contribution in [1.29, 1.82) is 0 Å². The van der Waals surface area contributed by atoms with Gasteiger partial charge in [0.05, 0.1) is 10.9 Å². The van der Waals surface area contributed by atoms with E-state index in [0.717, 1.165) is 39.0 Å². The molecule has 1 fully saturated rings. The molecule has 30 heavy (non-hydrogen) atoms. The van der Waals surface area contributed by atoms with Crippen molar-refractivity contribution in [3.8, 4) is 0 Å². The van der Waals surface area contributed by atoms with Crippen LogP contribution in [0.15, 0.2) is 29.2 Å². The number of sulfonamides is 1. The van der Waals surface area contributed by atoms with Gasteiger partial charge in [-0.25, -0.2) is 12.7 Å². The number of nitrogens with one attached hydrogen (secondary N) is 1. The Morgan fingerprint density at radius 1 is 1.23 bits per heavy atom. The number of nitrogens with zero attached hydrogens (tertiary/aromatic N) is 3. The van der Waals surface area contributed by atoms with E-state index in [4.69, 9.17) is 0 Å². The van der Waals surface area contributed by atoms with Crippen LogP contribution >= 0.6 is 0 Å². The second-order valence-corrected chi connectivity index (χ2v) is 10.7. The number of likely N-dealkylation sites (tertiary alicyclic amines) is 1. The standard InChI is InChI=1S/C22H38N4O3S/c1-6-7-13-25(5)17-19-11-14-26(15-12-19)18(2)22(27)23-20-9-8-10-21(16-20)30(28,29)24(3)4/h8-10,16,18-19H,6-7,11-15,17H2,1-5H3,(H,23,27). The lowest BCUT2D eigenvalue weighted by atomic mass is 9.95. The van der Waals surface area contributed by atoms with Gasteiger partial charge in [-0.1, -0.05) is 19.4 Å². The van der Waals surface area contributed by atoms with Crippen molar-refractivity contribution >= 4 is 21.6 Å². The predicted octanol–water partition coefficient (Wildman–Crippen LogP) is 2.71. The molecule has 1 N–H and O–H groups in total. The molecule has 1 aliphatic heterocycles. The van der Waals surface area contributed by atoms with E-state index in [1.807, 2.05) is 6.92 Å². The monoisotopic (exact) mass is 438 g/mol. The van der Waals surface area contributed by atoms with Crippen LogP contribution in [0.2, 0.25) is 0 Å². The minimum Gasteiger partial charge on any atom is -0.325 e. The summed E-state index contributed by atoms with van der Waals surface area (Å²) in [6.45, 7) is 8.24. The highest BCUT2D eigenvalue weighted by Crippen LogP contribution is 2.22. The summed E-state index contributed by atoms with van der Waals surface area (Å²) in [5.74, 6) is 0.583. The molecule has 0 aliphatic carbocycles. The fourth-order valence-corrected chi connectivity index (χ4v) is 4.79. The van der Waals surface area contributed by atoms with E-state index in [1.54, 1.807) is 12.1 Å². The first-order valence-electron chi connectivity index (χ1n) is 10.9. The van der Waals surface area contributed by atoms with Crippen LogP contribution in [0.4, 0.5) is 5.69 Å². The van der Waals surface area contributed by atoms with Gasteiger partial charge in [0.2, 0.25) is 15.9 Å². The fourth-order valence-electron chi connectivity index (χ4n) is 3.84. The highest BCUT2D eigenvalue weighted by Gasteiger charge is 2.27. The van der Waals surface area contributed by atoms with Crippen LogP contribution < -0.4 is 5.32 Å². The van der Waals surface area contributed by atoms with E-state index in [0.29, 0.717) is 11.6 Å². The number of benzene rings is 1. The van der Waals surface area contributed by atoms with Gasteiger partial charge in [-0.2, -0.15) is 0 Å². The molecule has 7 nitrogen and oxygen atoms in total. The van der Waals surface area contributed by atoms with Crippen LogP contribution in [-0.2, 0) is 14.8 Å². The van der Waals surface area contributed by atoms with E-state index < -0.39 is 10.0 Å². The number of amides is 1. The van der Waals surface area contributed by atoms with E-state index in [9.17, 15) is 13.2 Å². The van der Waals surface area contributed by atoms with Gasteiger partial charge in [0.1, 0.15) is 0 Å². The van der Waals surface area contributed by atoms with Crippen molar-refractivity contribution in [3.63, 3.8) is 0 Å². The Labute approximate surface area is 182 Å². The Kier molecular flexibility index (Phi) is 9.28. The molecule has 0 spiro atoms. The van der Waals surface area contributed by atoms with E-state index in [1.165, 1.54) is 43.4 Å². The molecular weight excluding hydrogens is 400 g/mol. The average molecular weight is 439 g/mol. The third kappa shape index (κ3) is 6.77. The maximum absolute atomic E-state index is 12.8. The first-order chi connectivity index (χ1) is 14.1. The van der Waals surface area contributed by atoms with Gasteiger partial charge in [-0.05, 0) is 77.0 Å². The molecule has 1 atom stereocenters. The average Bonchev–Trinajstić information content (AvgIpc) is 2.72. The molecule has 0 bridgehead atoms. The number of piperidine rings is 1. The van der Waals surface area contributed by atoms with Crippen LogP contribution in [0, 0.1) is 5.92 Å². The smallest absolute Gasteiger partial charge is 0.242 e. The lowest BCUT2D eigenvalue weighted by Gasteiger charge is -2.36. The van der Waals surface area contributed by atoms with Crippen molar-refractivity contribution in [2.75, 3.05) is 52.6 Å². The van der Waals surface area contributed by atoms with Crippen LogP contribution in [0.25, 0.3) is 0 Å². The lowest BCUT2D eigenvalue weighted by molar-refractivity contribution is -0.121. The molecule has 1 saturated heterocycles. The first-order valence-corrected chi connectivity index (χ1v) is 12.3. The largest absolute Gasteiger partial charge is 0.325 e. The molecule has 0 radical (unpaired) electrons. The van der Waals surface area contributed by atoms with Gasteiger partial charge in [0, 0.05) is 26.3 Å². The van der Waals surface area contributed by atoms with E-state index in [-0.39, 0.29) is 16.8 Å². The lowest BCUT2D eigenvalue weighted by Crippen LogP contribution is -2.47. The van der Waals surface area contributed by atoms with Gasteiger partial charge in [0.15, 0.2) is 0 Å². The Hall–Kier alpha value is -1.48. The third-order valence-electron chi connectivity index (χ3n) is 5.92. The Balaban J connectivity index is 1.89. The van der Waals surface area contributed by atoms with Gasteiger partial charge in [0.25, 0.3) is 0 Å². The predicted molar refractivity (Wildman–Crippen MR) is 122 cm³/mol. The third-order valence-corrected chi connectivity index (χ3v) is 7.73. The summed E-state index contributed by atoms with van der Waals surface area (Å²) >= 11 is 0. The van der Waals surface area contributed by atoms with Crippen molar-refractivity contribution in [1.82, 2.24) is 14.1 Å². The molecule has 2 rings (SSSR count). The van der Waals surface area contributed by atoms with Crippen molar-refractivity contribution < 1.29 is 13.2 Å². The molecule has 1 aliphatic rings. The Morgan fingerprint density at radius 3 is 2.50 bits per heavy atom. The van der Waals surface area contributed by atoms with Crippen molar-refractivity contribution in [2.24, 2.45) is 5.92 Å². The normalized spacial score (nSPS) is 17.4. The van der Waals surface area contributed by atoms with Crippen LogP contribution in [-0.4, -0.2) is 81.8 Å². The highest BCUT2D eigenvalue weighted by atomic mass is 32.2. The Bertz CT molecular complexity index is 789.